The summed E-state index contributed by atoms with van der Waals surface area (Å²) >= 11 is 1.17. The number of carbonyl (C=O) groups excluding carboxylic acids is 3. The molecule has 92 valence electrons. The van der Waals surface area contributed by atoms with Gasteiger partial charge in [-0.25, -0.2) is 4.79 Å². The number of methoxy groups -OCH3 is 2. The first-order chi connectivity index (χ1) is 8.08. The molecule has 17 heavy (non-hydrogen) atoms. The summed E-state index contributed by atoms with van der Waals surface area (Å²) in [6, 6.07) is 1.53. The van der Waals surface area contributed by atoms with Crippen LogP contribution in [0.25, 0.3) is 0 Å². The number of thiophene rings is 1. The molecule has 0 saturated carbocycles. The van der Waals surface area contributed by atoms with Gasteiger partial charge in [0.05, 0.1) is 19.8 Å². The van der Waals surface area contributed by atoms with Crippen molar-refractivity contribution in [3.63, 3.8) is 0 Å². The molecule has 7 heteroatoms. The first-order valence-corrected chi connectivity index (χ1v) is 5.49. The quantitative estimate of drug-likeness (QED) is 0.643. The van der Waals surface area contributed by atoms with Gasteiger partial charge in [-0.15, -0.1) is 11.3 Å². The molecule has 1 aromatic rings. The molecule has 0 bridgehead atoms. The van der Waals surface area contributed by atoms with Gasteiger partial charge in [-0.2, -0.15) is 0 Å². The van der Waals surface area contributed by atoms with Crippen LogP contribution in [0, 0.1) is 0 Å². The van der Waals surface area contributed by atoms with Crippen LogP contribution in [0.3, 0.4) is 0 Å². The zero-order valence-electron chi connectivity index (χ0n) is 9.31. The Morgan fingerprint density at radius 3 is 2.59 bits per heavy atom. The fraction of sp³-hybridized carbons (Fsp3) is 0.300. The third-order valence-corrected chi connectivity index (χ3v) is 2.69. The van der Waals surface area contributed by atoms with Crippen LogP contribution in [0.2, 0.25) is 0 Å². The molecular formula is C10H11NO5S. The van der Waals surface area contributed by atoms with Crippen molar-refractivity contribution in [3.8, 4) is 0 Å². The minimum absolute atomic E-state index is 0.260. The third kappa shape index (κ3) is 3.56. The highest BCUT2D eigenvalue weighted by Crippen LogP contribution is 2.23. The summed E-state index contributed by atoms with van der Waals surface area (Å²) in [5.41, 5.74) is 0.260. The first-order valence-electron chi connectivity index (χ1n) is 4.61. The summed E-state index contributed by atoms with van der Waals surface area (Å²) in [5, 5.41) is 4.44. The zero-order valence-corrected chi connectivity index (χ0v) is 10.1. The Hall–Kier alpha value is -1.89. The van der Waals surface area contributed by atoms with Crippen molar-refractivity contribution < 1.29 is 23.9 Å². The van der Waals surface area contributed by atoms with E-state index in [1.54, 1.807) is 5.38 Å². The molecule has 1 N–H and O–H groups in total. The Balaban J connectivity index is 2.69. The normalized spacial score (nSPS) is 9.53. The van der Waals surface area contributed by atoms with E-state index >= 15 is 0 Å². The maximum atomic E-state index is 11.4. The van der Waals surface area contributed by atoms with Crippen LogP contribution in [0.1, 0.15) is 16.8 Å². The lowest BCUT2D eigenvalue weighted by Crippen LogP contribution is -2.18. The molecule has 6 nitrogen and oxygen atoms in total. The van der Waals surface area contributed by atoms with Gasteiger partial charge >= 0.3 is 11.9 Å². The van der Waals surface area contributed by atoms with E-state index in [1.165, 1.54) is 31.6 Å². The van der Waals surface area contributed by atoms with Crippen LogP contribution in [0.5, 0.6) is 0 Å². The lowest BCUT2D eigenvalue weighted by molar-refractivity contribution is -0.142. The van der Waals surface area contributed by atoms with Crippen LogP contribution in [-0.4, -0.2) is 32.1 Å². The van der Waals surface area contributed by atoms with Gasteiger partial charge in [0.25, 0.3) is 0 Å². The van der Waals surface area contributed by atoms with Gasteiger partial charge in [0.2, 0.25) is 5.91 Å². The molecule has 1 heterocycles. The Bertz CT molecular complexity index is 440. The second-order valence-corrected chi connectivity index (χ2v) is 3.87. The molecule has 0 aliphatic heterocycles. The summed E-state index contributed by atoms with van der Waals surface area (Å²) in [7, 11) is 2.45. The Morgan fingerprint density at radius 2 is 2.00 bits per heavy atom. The van der Waals surface area contributed by atoms with E-state index in [0.717, 1.165) is 0 Å². The van der Waals surface area contributed by atoms with E-state index in [2.05, 4.69) is 14.8 Å². The van der Waals surface area contributed by atoms with Crippen molar-refractivity contribution in [2.75, 3.05) is 19.5 Å². The number of carbonyl (C=O) groups is 3. The first kappa shape index (κ1) is 13.2. The number of ether oxygens (including phenoxy) is 2. The van der Waals surface area contributed by atoms with E-state index in [0.29, 0.717) is 5.00 Å². The lowest BCUT2D eigenvalue weighted by atomic mass is 10.3. The van der Waals surface area contributed by atoms with Gasteiger partial charge in [-0.3, -0.25) is 9.59 Å². The summed E-state index contributed by atoms with van der Waals surface area (Å²) < 4.78 is 8.89. The monoisotopic (exact) mass is 257 g/mol. The molecule has 0 aliphatic rings. The fourth-order valence-corrected chi connectivity index (χ4v) is 1.84. The number of hydrogen-bond donors (Lipinski definition) is 1. The topological polar surface area (TPSA) is 81.7 Å². The smallest absolute Gasteiger partial charge is 0.340 e. The number of rotatable bonds is 4. The summed E-state index contributed by atoms with van der Waals surface area (Å²) in [5.74, 6) is -1.72. The van der Waals surface area contributed by atoms with Crippen molar-refractivity contribution in [2.45, 2.75) is 6.42 Å². The second kappa shape index (κ2) is 6.00. The molecule has 0 aliphatic carbocycles. The van der Waals surface area contributed by atoms with Crippen LogP contribution < -0.4 is 5.32 Å². The van der Waals surface area contributed by atoms with Gasteiger partial charge in [-0.05, 0) is 11.4 Å². The minimum atomic E-state index is -0.640. The predicted molar refractivity (Wildman–Crippen MR) is 60.9 cm³/mol. The predicted octanol–water partition coefficient (Wildman–Crippen LogP) is 1.04. The second-order valence-electron chi connectivity index (χ2n) is 2.96. The average molecular weight is 257 g/mol. The average Bonchev–Trinajstić information content (AvgIpc) is 2.75. The van der Waals surface area contributed by atoms with Crippen molar-refractivity contribution in [2.24, 2.45) is 0 Å². The largest absolute Gasteiger partial charge is 0.469 e. The third-order valence-electron chi connectivity index (χ3n) is 1.86. The van der Waals surface area contributed by atoms with Gasteiger partial charge in [0.1, 0.15) is 11.4 Å². The number of esters is 2. The molecule has 1 aromatic heterocycles. The van der Waals surface area contributed by atoms with Crippen LogP contribution >= 0.6 is 11.3 Å². The standard InChI is InChI=1S/C10H11NO5S/c1-15-8(13)5-7(12)11-9-6(3-4-17-9)10(14)16-2/h3-4H,5H2,1-2H3,(H,11,12). The molecule has 1 rings (SSSR count). The lowest BCUT2D eigenvalue weighted by Gasteiger charge is -2.04. The number of anilines is 1. The highest BCUT2D eigenvalue weighted by atomic mass is 32.1. The van der Waals surface area contributed by atoms with Crippen LogP contribution in [-0.2, 0) is 19.1 Å². The number of hydrogen-bond acceptors (Lipinski definition) is 6. The van der Waals surface area contributed by atoms with E-state index in [4.69, 9.17) is 0 Å². The summed E-state index contributed by atoms with van der Waals surface area (Å²) in [6.45, 7) is 0. The Morgan fingerprint density at radius 1 is 1.29 bits per heavy atom. The van der Waals surface area contributed by atoms with Gasteiger partial charge in [0, 0.05) is 0 Å². The molecule has 0 atom stereocenters. The Labute approximate surface area is 102 Å². The maximum Gasteiger partial charge on any atom is 0.340 e. The van der Waals surface area contributed by atoms with Gasteiger partial charge in [-0.1, -0.05) is 0 Å². The van der Waals surface area contributed by atoms with Crippen molar-refractivity contribution in [3.05, 3.63) is 17.0 Å². The van der Waals surface area contributed by atoms with Gasteiger partial charge < -0.3 is 14.8 Å². The Kier molecular flexibility index (Phi) is 4.65. The van der Waals surface area contributed by atoms with Crippen LogP contribution in [0.15, 0.2) is 11.4 Å². The molecule has 0 unspecified atom stereocenters. The SMILES string of the molecule is COC(=O)CC(=O)Nc1sccc1C(=O)OC. The fourth-order valence-electron chi connectivity index (χ4n) is 1.05. The summed E-state index contributed by atoms with van der Waals surface area (Å²) in [4.78, 5) is 33.5. The molecule has 0 radical (unpaired) electrons. The molecule has 0 fully saturated rings. The molecule has 0 spiro atoms. The molecular weight excluding hydrogens is 246 g/mol. The van der Waals surface area contributed by atoms with Gasteiger partial charge in [0.15, 0.2) is 0 Å². The van der Waals surface area contributed by atoms with E-state index in [9.17, 15) is 14.4 Å². The van der Waals surface area contributed by atoms with E-state index in [1.807, 2.05) is 0 Å². The summed E-state index contributed by atoms with van der Waals surface area (Å²) in [6.07, 6.45) is -0.394. The highest BCUT2D eigenvalue weighted by molar-refractivity contribution is 7.14. The molecule has 0 aromatic carbocycles. The van der Waals surface area contributed by atoms with Crippen molar-refractivity contribution in [1.29, 1.82) is 0 Å². The van der Waals surface area contributed by atoms with Crippen molar-refractivity contribution in [1.82, 2.24) is 0 Å². The van der Waals surface area contributed by atoms with Crippen LogP contribution in [0.4, 0.5) is 5.00 Å². The molecule has 1 amide bonds. The zero-order chi connectivity index (χ0) is 12.8. The molecule has 0 saturated heterocycles. The van der Waals surface area contributed by atoms with Crippen molar-refractivity contribution >= 4 is 34.2 Å². The maximum absolute atomic E-state index is 11.4. The minimum Gasteiger partial charge on any atom is -0.469 e. The number of nitrogens with one attached hydrogen (secondary N) is 1. The number of amides is 1. The highest BCUT2D eigenvalue weighted by Gasteiger charge is 2.16. The van der Waals surface area contributed by atoms with E-state index < -0.39 is 24.3 Å². The van der Waals surface area contributed by atoms with E-state index in [-0.39, 0.29) is 5.56 Å².